The van der Waals surface area contributed by atoms with Crippen molar-refractivity contribution in [1.29, 1.82) is 0 Å². The van der Waals surface area contributed by atoms with Crippen LogP contribution in [0.25, 0.3) is 4.96 Å². The summed E-state index contributed by atoms with van der Waals surface area (Å²) in [4.78, 5) is 15.3. The van der Waals surface area contributed by atoms with Gasteiger partial charge in [-0.25, -0.2) is 0 Å². The third-order valence-electron chi connectivity index (χ3n) is 4.39. The van der Waals surface area contributed by atoms with E-state index in [0.717, 1.165) is 48.7 Å². The van der Waals surface area contributed by atoms with E-state index < -0.39 is 0 Å². The van der Waals surface area contributed by atoms with Crippen LogP contribution in [-0.4, -0.2) is 43.7 Å². The molecule has 0 unspecified atom stereocenters. The molecule has 0 atom stereocenters. The molecular formula is C14H21N5OS. The van der Waals surface area contributed by atoms with Crippen molar-refractivity contribution in [3.05, 3.63) is 11.3 Å². The first-order valence-electron chi connectivity index (χ1n) is 7.68. The Hall–Kier alpha value is -1.50. The standard InChI is InChI=1S/C14H21N5OS/c1-3-10(4-2)13(20)18-7-5-11(6-8-18)12-17-19-9-15-16-14(19)21-12/h9-11H,3-8H2,1-2H3. The van der Waals surface area contributed by atoms with Crippen molar-refractivity contribution in [2.45, 2.75) is 45.4 Å². The molecule has 114 valence electrons. The fraction of sp³-hybridized carbons (Fsp3) is 0.714. The zero-order chi connectivity index (χ0) is 14.8. The zero-order valence-electron chi connectivity index (χ0n) is 12.5. The Morgan fingerprint density at radius 3 is 2.71 bits per heavy atom. The van der Waals surface area contributed by atoms with E-state index in [-0.39, 0.29) is 5.92 Å². The third kappa shape index (κ3) is 2.79. The first kappa shape index (κ1) is 14.4. The van der Waals surface area contributed by atoms with Gasteiger partial charge in [0.05, 0.1) is 0 Å². The van der Waals surface area contributed by atoms with Crippen LogP contribution in [0.1, 0.15) is 50.5 Å². The maximum atomic E-state index is 12.4. The van der Waals surface area contributed by atoms with Crippen molar-refractivity contribution < 1.29 is 4.79 Å². The van der Waals surface area contributed by atoms with Gasteiger partial charge in [-0.3, -0.25) is 4.79 Å². The van der Waals surface area contributed by atoms with Crippen LogP contribution in [0.4, 0.5) is 0 Å². The number of piperidine rings is 1. The van der Waals surface area contributed by atoms with Crippen LogP contribution in [0.5, 0.6) is 0 Å². The van der Waals surface area contributed by atoms with Crippen molar-refractivity contribution in [2.75, 3.05) is 13.1 Å². The first-order valence-corrected chi connectivity index (χ1v) is 8.50. The molecule has 1 amide bonds. The minimum atomic E-state index is 0.191. The second-order valence-corrected chi connectivity index (χ2v) is 6.60. The normalized spacial score (nSPS) is 17.0. The predicted octanol–water partition coefficient (Wildman–Crippen LogP) is 2.33. The summed E-state index contributed by atoms with van der Waals surface area (Å²) in [5, 5.41) is 13.5. The van der Waals surface area contributed by atoms with Gasteiger partial charge < -0.3 is 4.90 Å². The molecule has 2 aromatic rings. The van der Waals surface area contributed by atoms with Crippen LogP contribution in [-0.2, 0) is 4.79 Å². The summed E-state index contributed by atoms with van der Waals surface area (Å²) in [7, 11) is 0. The third-order valence-corrected chi connectivity index (χ3v) is 5.47. The number of amides is 1. The Morgan fingerprint density at radius 1 is 1.38 bits per heavy atom. The molecule has 0 N–H and O–H groups in total. The average molecular weight is 307 g/mol. The van der Waals surface area contributed by atoms with Gasteiger partial charge >= 0.3 is 0 Å². The molecule has 21 heavy (non-hydrogen) atoms. The highest BCUT2D eigenvalue weighted by atomic mass is 32.1. The lowest BCUT2D eigenvalue weighted by atomic mass is 9.95. The molecule has 3 heterocycles. The highest BCUT2D eigenvalue weighted by Gasteiger charge is 2.28. The largest absolute Gasteiger partial charge is 0.342 e. The Bertz CT molecular complexity index is 581. The van der Waals surface area contributed by atoms with E-state index in [1.54, 1.807) is 22.2 Å². The van der Waals surface area contributed by atoms with Crippen molar-refractivity contribution in [3.63, 3.8) is 0 Å². The fourth-order valence-corrected chi connectivity index (χ4v) is 3.97. The van der Waals surface area contributed by atoms with Crippen molar-refractivity contribution in [3.8, 4) is 0 Å². The average Bonchev–Trinajstić information content (AvgIpc) is 3.10. The molecule has 0 bridgehead atoms. The van der Waals surface area contributed by atoms with Crippen LogP contribution >= 0.6 is 11.3 Å². The highest BCUT2D eigenvalue weighted by Crippen LogP contribution is 2.31. The molecule has 1 saturated heterocycles. The van der Waals surface area contributed by atoms with Crippen LogP contribution < -0.4 is 0 Å². The molecule has 1 fully saturated rings. The summed E-state index contributed by atoms with van der Waals surface area (Å²) >= 11 is 1.61. The molecule has 6 nitrogen and oxygen atoms in total. The van der Waals surface area contributed by atoms with Crippen molar-refractivity contribution in [2.24, 2.45) is 5.92 Å². The van der Waals surface area contributed by atoms with Crippen LogP contribution in [0.15, 0.2) is 6.33 Å². The van der Waals surface area contributed by atoms with Gasteiger partial charge in [-0.15, -0.1) is 10.2 Å². The maximum absolute atomic E-state index is 12.4. The van der Waals surface area contributed by atoms with Gasteiger partial charge in [-0.2, -0.15) is 9.61 Å². The SMILES string of the molecule is CCC(CC)C(=O)N1CCC(c2nn3cnnc3s2)CC1. The molecular weight excluding hydrogens is 286 g/mol. The van der Waals surface area contributed by atoms with E-state index in [4.69, 9.17) is 0 Å². The van der Waals surface area contributed by atoms with Gasteiger partial charge in [0.25, 0.3) is 0 Å². The van der Waals surface area contributed by atoms with E-state index in [1.807, 2.05) is 4.90 Å². The van der Waals surface area contributed by atoms with Crippen LogP contribution in [0, 0.1) is 5.92 Å². The van der Waals surface area contributed by atoms with Gasteiger partial charge in [0.2, 0.25) is 10.9 Å². The Kier molecular flexibility index (Phi) is 4.19. The molecule has 1 aliphatic rings. The lowest BCUT2D eigenvalue weighted by molar-refractivity contribution is -0.136. The van der Waals surface area contributed by atoms with Gasteiger partial charge in [0.1, 0.15) is 11.3 Å². The van der Waals surface area contributed by atoms with E-state index in [1.165, 1.54) is 0 Å². The summed E-state index contributed by atoms with van der Waals surface area (Å²) in [6.45, 7) is 5.89. The number of nitrogens with zero attached hydrogens (tertiary/aromatic N) is 5. The molecule has 7 heteroatoms. The summed E-state index contributed by atoms with van der Waals surface area (Å²) in [5.74, 6) is 0.967. The lowest BCUT2D eigenvalue weighted by Crippen LogP contribution is -2.41. The second kappa shape index (κ2) is 6.09. The van der Waals surface area contributed by atoms with Crippen molar-refractivity contribution in [1.82, 2.24) is 24.7 Å². The molecule has 0 radical (unpaired) electrons. The van der Waals surface area contributed by atoms with Gasteiger partial charge in [0, 0.05) is 24.9 Å². The quantitative estimate of drug-likeness (QED) is 0.869. The highest BCUT2D eigenvalue weighted by molar-refractivity contribution is 7.16. The molecule has 0 saturated carbocycles. The lowest BCUT2D eigenvalue weighted by Gasteiger charge is -2.33. The van der Waals surface area contributed by atoms with Gasteiger partial charge in [-0.1, -0.05) is 25.2 Å². The molecule has 2 aromatic heterocycles. The molecule has 0 spiro atoms. The number of carbonyl (C=O) groups excluding carboxylic acids is 1. The predicted molar refractivity (Wildman–Crippen MR) is 81.3 cm³/mol. The molecule has 0 aliphatic carbocycles. The molecule has 1 aliphatic heterocycles. The number of rotatable bonds is 4. The summed E-state index contributed by atoms with van der Waals surface area (Å²) in [6, 6.07) is 0. The molecule has 3 rings (SSSR count). The topological polar surface area (TPSA) is 63.4 Å². The fourth-order valence-electron chi connectivity index (χ4n) is 2.98. The van der Waals surface area contributed by atoms with E-state index in [2.05, 4.69) is 29.1 Å². The summed E-state index contributed by atoms with van der Waals surface area (Å²) in [5.41, 5.74) is 0. The number of hydrogen-bond donors (Lipinski definition) is 0. The monoisotopic (exact) mass is 307 g/mol. The molecule has 0 aromatic carbocycles. The minimum Gasteiger partial charge on any atom is -0.342 e. The summed E-state index contributed by atoms with van der Waals surface area (Å²) < 4.78 is 1.74. The summed E-state index contributed by atoms with van der Waals surface area (Å²) in [6.07, 6.45) is 5.50. The second-order valence-electron chi connectivity index (χ2n) is 5.61. The smallest absolute Gasteiger partial charge is 0.234 e. The minimum absolute atomic E-state index is 0.191. The Labute approximate surface area is 128 Å². The van der Waals surface area contributed by atoms with E-state index >= 15 is 0 Å². The number of fused-ring (bicyclic) bond motifs is 1. The number of carbonyl (C=O) groups is 1. The Balaban J connectivity index is 1.62. The zero-order valence-corrected chi connectivity index (χ0v) is 13.3. The van der Waals surface area contributed by atoms with Crippen molar-refractivity contribution >= 4 is 22.2 Å². The van der Waals surface area contributed by atoms with Gasteiger partial charge in [0.15, 0.2) is 0 Å². The Morgan fingerprint density at radius 2 is 2.10 bits per heavy atom. The van der Waals surface area contributed by atoms with E-state index in [9.17, 15) is 4.79 Å². The van der Waals surface area contributed by atoms with Crippen LogP contribution in [0.3, 0.4) is 0 Å². The maximum Gasteiger partial charge on any atom is 0.234 e. The van der Waals surface area contributed by atoms with E-state index in [0.29, 0.717) is 11.8 Å². The first-order chi connectivity index (χ1) is 10.2. The van der Waals surface area contributed by atoms with Gasteiger partial charge in [-0.05, 0) is 25.7 Å². The number of aromatic nitrogens is 4. The van der Waals surface area contributed by atoms with Crippen LogP contribution in [0.2, 0.25) is 0 Å². The number of likely N-dealkylation sites (tertiary alicyclic amines) is 1. The number of hydrogen-bond acceptors (Lipinski definition) is 5.